The molecule has 1 heterocycles. The summed E-state index contributed by atoms with van der Waals surface area (Å²) in [6.07, 6.45) is 4.73. The topological polar surface area (TPSA) is 39.7 Å². The molecule has 0 unspecified atom stereocenters. The van der Waals surface area contributed by atoms with E-state index in [2.05, 4.69) is 51.7 Å². The highest BCUT2D eigenvalue weighted by Crippen LogP contribution is 2.18. The van der Waals surface area contributed by atoms with Crippen LogP contribution in [0.4, 0.5) is 0 Å². The van der Waals surface area contributed by atoms with E-state index in [0.29, 0.717) is 0 Å². The molecule has 0 spiro atoms. The van der Waals surface area contributed by atoms with Gasteiger partial charge in [0.2, 0.25) is 0 Å². The summed E-state index contributed by atoms with van der Waals surface area (Å²) in [6.45, 7) is 7.60. The predicted octanol–water partition coefficient (Wildman–Crippen LogP) is 3.02. The average Bonchev–Trinajstić information content (AvgIpc) is 2.57. The van der Waals surface area contributed by atoms with E-state index in [0.717, 1.165) is 38.6 Å². The highest BCUT2D eigenvalue weighted by Gasteiger charge is 2.14. The van der Waals surface area contributed by atoms with Gasteiger partial charge in [0.15, 0.2) is 5.96 Å². The molecule has 2 N–H and O–H groups in total. The van der Waals surface area contributed by atoms with E-state index in [1.165, 1.54) is 36.9 Å². The van der Waals surface area contributed by atoms with Crippen molar-refractivity contribution in [1.82, 2.24) is 15.5 Å². The van der Waals surface area contributed by atoms with Gasteiger partial charge >= 0.3 is 0 Å². The van der Waals surface area contributed by atoms with Gasteiger partial charge in [-0.1, -0.05) is 37.6 Å². The number of unbranched alkanes of at least 4 members (excludes halogenated alkanes) is 1. The summed E-state index contributed by atoms with van der Waals surface area (Å²) in [4.78, 5) is 6.81. The number of hydrogen-bond acceptors (Lipinski definition) is 2. The van der Waals surface area contributed by atoms with Crippen molar-refractivity contribution in [3.8, 4) is 0 Å². The highest BCUT2D eigenvalue weighted by molar-refractivity contribution is 14.0. The van der Waals surface area contributed by atoms with Gasteiger partial charge in [0.25, 0.3) is 0 Å². The molecule has 130 valence electrons. The fourth-order valence-corrected chi connectivity index (χ4v) is 2.86. The van der Waals surface area contributed by atoms with E-state index in [9.17, 15) is 0 Å². The lowest BCUT2D eigenvalue weighted by molar-refractivity contribution is 0.251. The standard InChI is InChI=1S/C18H30N4.HI/c1-3-4-11-20-18(19-2)21-12-7-13-22-14-10-16-8-5-6-9-17(16)15-22;/h5-6,8-9H,3-4,7,10-15H2,1-2H3,(H2,19,20,21);1H. The van der Waals surface area contributed by atoms with Crippen LogP contribution >= 0.6 is 24.0 Å². The van der Waals surface area contributed by atoms with Crippen molar-refractivity contribution in [2.75, 3.05) is 33.2 Å². The molecule has 0 saturated heterocycles. The minimum atomic E-state index is 0. The maximum atomic E-state index is 4.25. The first-order valence-corrected chi connectivity index (χ1v) is 8.57. The van der Waals surface area contributed by atoms with Gasteiger partial charge in [-0.2, -0.15) is 0 Å². The zero-order chi connectivity index (χ0) is 15.6. The number of nitrogens with zero attached hydrogens (tertiary/aromatic N) is 2. The summed E-state index contributed by atoms with van der Waals surface area (Å²) >= 11 is 0. The van der Waals surface area contributed by atoms with Crippen LogP contribution in [0, 0.1) is 0 Å². The summed E-state index contributed by atoms with van der Waals surface area (Å²) in [7, 11) is 1.84. The fourth-order valence-electron chi connectivity index (χ4n) is 2.86. The van der Waals surface area contributed by atoms with Crippen LogP contribution in [-0.2, 0) is 13.0 Å². The molecule has 0 fully saturated rings. The molecule has 0 radical (unpaired) electrons. The number of halogens is 1. The second-order valence-electron chi connectivity index (χ2n) is 5.93. The van der Waals surface area contributed by atoms with Crippen LogP contribution in [0.1, 0.15) is 37.3 Å². The van der Waals surface area contributed by atoms with E-state index in [4.69, 9.17) is 0 Å². The summed E-state index contributed by atoms with van der Waals surface area (Å²) in [5.41, 5.74) is 3.02. The van der Waals surface area contributed by atoms with Gasteiger partial charge in [0.05, 0.1) is 0 Å². The first-order valence-electron chi connectivity index (χ1n) is 8.57. The Morgan fingerprint density at radius 2 is 1.83 bits per heavy atom. The highest BCUT2D eigenvalue weighted by atomic mass is 127. The van der Waals surface area contributed by atoms with Crippen LogP contribution in [0.2, 0.25) is 0 Å². The Balaban J connectivity index is 0.00000264. The fraction of sp³-hybridized carbons (Fsp3) is 0.611. The molecule has 2 rings (SSSR count). The molecule has 1 aliphatic heterocycles. The summed E-state index contributed by atoms with van der Waals surface area (Å²) < 4.78 is 0. The van der Waals surface area contributed by atoms with Gasteiger partial charge in [0.1, 0.15) is 0 Å². The molecule has 0 bridgehead atoms. The summed E-state index contributed by atoms with van der Waals surface area (Å²) in [5.74, 6) is 0.928. The Hall–Kier alpha value is -0.820. The third kappa shape index (κ3) is 7.08. The van der Waals surface area contributed by atoms with Crippen molar-refractivity contribution in [3.63, 3.8) is 0 Å². The Labute approximate surface area is 158 Å². The number of fused-ring (bicyclic) bond motifs is 1. The van der Waals surface area contributed by atoms with Gasteiger partial charge in [-0.25, -0.2) is 0 Å². The number of aliphatic imine (C=N–C) groups is 1. The van der Waals surface area contributed by atoms with E-state index in [1.54, 1.807) is 0 Å². The van der Waals surface area contributed by atoms with Gasteiger partial charge in [-0.05, 0) is 30.4 Å². The normalized spacial score (nSPS) is 14.8. The first kappa shape index (κ1) is 20.2. The molecule has 0 aromatic heterocycles. The minimum Gasteiger partial charge on any atom is -0.356 e. The number of benzene rings is 1. The second kappa shape index (κ2) is 11.7. The van der Waals surface area contributed by atoms with E-state index < -0.39 is 0 Å². The molecule has 1 aliphatic rings. The Kier molecular flexibility index (Phi) is 10.3. The SMILES string of the molecule is CCCCNC(=NC)NCCCN1CCc2ccccc2C1.I. The van der Waals surface area contributed by atoms with Crippen LogP contribution in [0.3, 0.4) is 0 Å². The average molecular weight is 430 g/mol. The first-order chi connectivity index (χ1) is 10.8. The molecule has 0 amide bonds. The Morgan fingerprint density at radius 3 is 2.52 bits per heavy atom. The maximum Gasteiger partial charge on any atom is 0.190 e. The van der Waals surface area contributed by atoms with E-state index >= 15 is 0 Å². The molecule has 5 heteroatoms. The second-order valence-corrected chi connectivity index (χ2v) is 5.93. The smallest absolute Gasteiger partial charge is 0.190 e. The van der Waals surface area contributed by atoms with Gasteiger partial charge in [-0.3, -0.25) is 9.89 Å². The third-order valence-corrected chi connectivity index (χ3v) is 4.20. The molecule has 1 aromatic carbocycles. The van der Waals surface area contributed by atoms with Crippen molar-refractivity contribution >= 4 is 29.9 Å². The lowest BCUT2D eigenvalue weighted by Gasteiger charge is -2.28. The van der Waals surface area contributed by atoms with Crippen LogP contribution in [0.5, 0.6) is 0 Å². The summed E-state index contributed by atoms with van der Waals surface area (Å²) in [6, 6.07) is 8.82. The van der Waals surface area contributed by atoms with Crippen molar-refractivity contribution in [3.05, 3.63) is 35.4 Å². The van der Waals surface area contributed by atoms with Crippen molar-refractivity contribution in [2.45, 2.75) is 39.2 Å². The predicted molar refractivity (Wildman–Crippen MR) is 110 cm³/mol. The monoisotopic (exact) mass is 430 g/mol. The molecule has 0 atom stereocenters. The van der Waals surface area contributed by atoms with Gasteiger partial charge in [-0.15, -0.1) is 24.0 Å². The van der Waals surface area contributed by atoms with Crippen molar-refractivity contribution < 1.29 is 0 Å². The quantitative estimate of drug-likeness (QED) is 0.303. The maximum absolute atomic E-state index is 4.25. The lowest BCUT2D eigenvalue weighted by Crippen LogP contribution is -2.39. The summed E-state index contributed by atoms with van der Waals surface area (Å²) in [5, 5.41) is 6.75. The Bertz CT molecular complexity index is 476. The van der Waals surface area contributed by atoms with Crippen molar-refractivity contribution in [2.24, 2.45) is 4.99 Å². The van der Waals surface area contributed by atoms with E-state index in [1.807, 2.05) is 7.05 Å². The molecular formula is C18H31IN4. The zero-order valence-corrected chi connectivity index (χ0v) is 16.8. The van der Waals surface area contributed by atoms with Crippen molar-refractivity contribution in [1.29, 1.82) is 0 Å². The third-order valence-electron chi connectivity index (χ3n) is 4.20. The van der Waals surface area contributed by atoms with Gasteiger partial charge in [0, 0.05) is 39.8 Å². The molecule has 4 nitrogen and oxygen atoms in total. The van der Waals surface area contributed by atoms with Crippen LogP contribution < -0.4 is 10.6 Å². The number of rotatable bonds is 7. The lowest BCUT2D eigenvalue weighted by atomic mass is 10.00. The molecule has 0 aliphatic carbocycles. The van der Waals surface area contributed by atoms with Crippen LogP contribution in [0.15, 0.2) is 29.3 Å². The zero-order valence-electron chi connectivity index (χ0n) is 14.5. The number of nitrogens with one attached hydrogen (secondary N) is 2. The number of hydrogen-bond donors (Lipinski definition) is 2. The molecule has 1 aromatic rings. The number of guanidine groups is 1. The Morgan fingerprint density at radius 1 is 1.13 bits per heavy atom. The van der Waals surface area contributed by atoms with Gasteiger partial charge < -0.3 is 10.6 Å². The minimum absolute atomic E-state index is 0. The van der Waals surface area contributed by atoms with Crippen LogP contribution in [-0.4, -0.2) is 44.1 Å². The molecule has 23 heavy (non-hydrogen) atoms. The molecule has 0 saturated carbocycles. The largest absolute Gasteiger partial charge is 0.356 e. The van der Waals surface area contributed by atoms with E-state index in [-0.39, 0.29) is 24.0 Å². The molecular weight excluding hydrogens is 399 g/mol. The van der Waals surface area contributed by atoms with Crippen LogP contribution in [0.25, 0.3) is 0 Å².